The summed E-state index contributed by atoms with van der Waals surface area (Å²) in [6.45, 7) is 7.24. The lowest BCUT2D eigenvalue weighted by molar-refractivity contribution is -0.121. The zero-order valence-corrected chi connectivity index (χ0v) is 17.9. The van der Waals surface area contributed by atoms with Crippen LogP contribution in [0.5, 0.6) is 11.5 Å². The summed E-state index contributed by atoms with van der Waals surface area (Å²) in [6.07, 6.45) is 3.51. The highest BCUT2D eigenvalue weighted by Gasteiger charge is 2.31. The third-order valence-corrected chi connectivity index (χ3v) is 5.57. The molecule has 0 unspecified atom stereocenters. The van der Waals surface area contributed by atoms with Gasteiger partial charge in [0.25, 0.3) is 5.91 Å². The average Bonchev–Trinajstić information content (AvgIpc) is 3.00. The van der Waals surface area contributed by atoms with Crippen LogP contribution in [0.15, 0.2) is 72.2 Å². The van der Waals surface area contributed by atoms with Crippen LogP contribution in [0.25, 0.3) is 6.08 Å². The van der Waals surface area contributed by atoms with E-state index in [0.29, 0.717) is 29.0 Å². The van der Waals surface area contributed by atoms with Crippen LogP contribution in [0.4, 0.5) is 0 Å². The number of para-hydroxylation sites is 2. The molecule has 1 fully saturated rings. The van der Waals surface area contributed by atoms with Crippen molar-refractivity contribution < 1.29 is 14.3 Å². The second-order valence-electron chi connectivity index (χ2n) is 6.66. The van der Waals surface area contributed by atoms with Crippen LogP contribution in [0.3, 0.4) is 0 Å². The number of thioether (sulfide) groups is 1. The molecule has 29 heavy (non-hydrogen) atoms. The summed E-state index contributed by atoms with van der Waals surface area (Å²) < 4.78 is 12.4. The molecule has 4 nitrogen and oxygen atoms in total. The van der Waals surface area contributed by atoms with Gasteiger partial charge in [-0.3, -0.25) is 9.69 Å². The minimum absolute atomic E-state index is 0.0978. The Kier molecular flexibility index (Phi) is 7.49. The summed E-state index contributed by atoms with van der Waals surface area (Å²) in [7, 11) is 0. The molecule has 0 saturated carbocycles. The maximum Gasteiger partial charge on any atom is 0.266 e. The smallest absolute Gasteiger partial charge is 0.266 e. The average molecular weight is 426 g/mol. The summed E-state index contributed by atoms with van der Waals surface area (Å²) >= 11 is 6.60. The Bertz CT molecular complexity index is 911. The predicted octanol–water partition coefficient (Wildman–Crippen LogP) is 5.17. The van der Waals surface area contributed by atoms with Gasteiger partial charge in [-0.1, -0.05) is 73.4 Å². The lowest BCUT2D eigenvalue weighted by Gasteiger charge is -2.15. The summed E-state index contributed by atoms with van der Waals surface area (Å²) in [4.78, 5) is 14.7. The molecule has 0 radical (unpaired) electrons. The van der Waals surface area contributed by atoms with Gasteiger partial charge in [0.1, 0.15) is 15.8 Å². The molecular formula is C23H23NO3S2. The van der Waals surface area contributed by atoms with Crippen molar-refractivity contribution in [2.75, 3.05) is 19.8 Å². The van der Waals surface area contributed by atoms with Crippen molar-refractivity contribution in [3.63, 3.8) is 0 Å². The van der Waals surface area contributed by atoms with E-state index in [1.807, 2.05) is 60.7 Å². The molecule has 2 aromatic rings. The van der Waals surface area contributed by atoms with Crippen LogP contribution in [-0.4, -0.2) is 34.9 Å². The Hall–Kier alpha value is -2.57. The van der Waals surface area contributed by atoms with Crippen molar-refractivity contribution in [1.29, 1.82) is 0 Å². The van der Waals surface area contributed by atoms with Crippen LogP contribution in [0.1, 0.15) is 12.5 Å². The first kappa shape index (κ1) is 21.1. The molecule has 3 rings (SSSR count). The Morgan fingerprint density at radius 1 is 1.10 bits per heavy atom. The summed E-state index contributed by atoms with van der Waals surface area (Å²) in [5.41, 5.74) is 0.850. The fourth-order valence-corrected chi connectivity index (χ4v) is 3.96. The Morgan fingerprint density at radius 3 is 2.55 bits per heavy atom. The Morgan fingerprint density at radius 2 is 1.79 bits per heavy atom. The van der Waals surface area contributed by atoms with Crippen molar-refractivity contribution in [1.82, 2.24) is 4.90 Å². The van der Waals surface area contributed by atoms with Crippen LogP contribution >= 0.6 is 24.0 Å². The Balaban J connectivity index is 1.62. The van der Waals surface area contributed by atoms with E-state index in [0.717, 1.165) is 17.1 Å². The summed E-state index contributed by atoms with van der Waals surface area (Å²) in [5, 5.41) is 0. The van der Waals surface area contributed by atoms with E-state index in [1.54, 1.807) is 11.0 Å². The van der Waals surface area contributed by atoms with Crippen molar-refractivity contribution in [3.05, 3.63) is 77.7 Å². The number of carbonyl (C=O) groups excluding carboxylic acids is 1. The maximum atomic E-state index is 12.6. The largest absolute Gasteiger partial charge is 0.493 e. The fourth-order valence-electron chi connectivity index (χ4n) is 2.69. The monoisotopic (exact) mass is 425 g/mol. The molecule has 1 atom stereocenters. The quantitative estimate of drug-likeness (QED) is 0.315. The number of hydrogen-bond acceptors (Lipinski definition) is 5. The fraction of sp³-hybridized carbons (Fsp3) is 0.217. The highest BCUT2D eigenvalue weighted by atomic mass is 32.2. The summed E-state index contributed by atoms with van der Waals surface area (Å²) in [6, 6.07) is 17.4. The number of thiocarbonyl (C=S) groups is 1. The first-order valence-corrected chi connectivity index (χ1v) is 10.6. The highest BCUT2D eigenvalue weighted by Crippen LogP contribution is 2.34. The number of ether oxygens (including phenoxy) is 2. The van der Waals surface area contributed by atoms with Crippen LogP contribution in [0, 0.1) is 5.92 Å². The molecule has 0 aliphatic carbocycles. The van der Waals surface area contributed by atoms with E-state index in [9.17, 15) is 4.79 Å². The van der Waals surface area contributed by atoms with E-state index in [4.69, 9.17) is 21.7 Å². The Labute approximate surface area is 181 Å². The molecule has 0 aromatic heterocycles. The molecule has 1 saturated heterocycles. The number of nitrogens with zero attached hydrogens (tertiary/aromatic N) is 1. The van der Waals surface area contributed by atoms with Gasteiger partial charge in [-0.2, -0.15) is 0 Å². The highest BCUT2D eigenvalue weighted by molar-refractivity contribution is 8.26. The minimum Gasteiger partial charge on any atom is -0.493 e. The number of amides is 1. The molecule has 0 spiro atoms. The normalized spacial score (nSPS) is 16.2. The third kappa shape index (κ3) is 5.71. The van der Waals surface area contributed by atoms with Gasteiger partial charge in [0.15, 0.2) is 0 Å². The van der Waals surface area contributed by atoms with Crippen molar-refractivity contribution in [2.24, 2.45) is 5.92 Å². The van der Waals surface area contributed by atoms with Crippen LogP contribution < -0.4 is 9.47 Å². The topological polar surface area (TPSA) is 38.8 Å². The second-order valence-corrected chi connectivity index (χ2v) is 8.33. The van der Waals surface area contributed by atoms with E-state index in [2.05, 4.69) is 13.5 Å². The third-order valence-electron chi connectivity index (χ3n) is 4.19. The molecule has 1 amide bonds. The molecule has 1 aliphatic rings. The molecule has 2 aromatic carbocycles. The number of rotatable bonds is 9. The SMILES string of the molecule is C=CCN1C(=O)/C(=C\c2ccccc2OC[C@@H](C)COc2ccccc2)SC1=S. The molecule has 1 heterocycles. The van der Waals surface area contributed by atoms with Gasteiger partial charge >= 0.3 is 0 Å². The van der Waals surface area contributed by atoms with Gasteiger partial charge < -0.3 is 9.47 Å². The van der Waals surface area contributed by atoms with Gasteiger partial charge in [0, 0.05) is 18.0 Å². The van der Waals surface area contributed by atoms with E-state index in [1.165, 1.54) is 11.8 Å². The molecule has 0 bridgehead atoms. The van der Waals surface area contributed by atoms with Gasteiger partial charge in [0.2, 0.25) is 0 Å². The zero-order valence-electron chi connectivity index (χ0n) is 16.2. The van der Waals surface area contributed by atoms with Gasteiger partial charge in [0.05, 0.1) is 18.1 Å². The first-order chi connectivity index (χ1) is 14.1. The molecule has 6 heteroatoms. The van der Waals surface area contributed by atoms with E-state index in [-0.39, 0.29) is 11.8 Å². The number of carbonyl (C=O) groups is 1. The number of hydrogen-bond donors (Lipinski definition) is 0. The maximum absolute atomic E-state index is 12.6. The molecular weight excluding hydrogens is 402 g/mol. The predicted molar refractivity (Wildman–Crippen MR) is 123 cm³/mol. The second kappa shape index (κ2) is 10.3. The number of benzene rings is 2. The van der Waals surface area contributed by atoms with Crippen LogP contribution in [-0.2, 0) is 4.79 Å². The minimum atomic E-state index is -0.0978. The lowest BCUT2D eigenvalue weighted by Crippen LogP contribution is -2.27. The summed E-state index contributed by atoms with van der Waals surface area (Å²) in [5.74, 6) is 1.68. The zero-order chi connectivity index (χ0) is 20.6. The first-order valence-electron chi connectivity index (χ1n) is 9.34. The standard InChI is InChI=1S/C23H23NO3S2/c1-3-13-24-22(25)21(29-23(24)28)14-18-9-7-8-12-20(18)27-16-17(2)15-26-19-10-5-4-6-11-19/h3-12,14,17H,1,13,15-16H2,2H3/b21-14+/t17-/m0/s1. The lowest BCUT2D eigenvalue weighted by atomic mass is 10.1. The van der Waals surface area contributed by atoms with Crippen molar-refractivity contribution in [3.8, 4) is 11.5 Å². The molecule has 1 aliphatic heterocycles. The molecule has 150 valence electrons. The van der Waals surface area contributed by atoms with Crippen molar-refractivity contribution >= 4 is 40.3 Å². The van der Waals surface area contributed by atoms with Crippen molar-refractivity contribution in [2.45, 2.75) is 6.92 Å². The van der Waals surface area contributed by atoms with E-state index < -0.39 is 0 Å². The van der Waals surface area contributed by atoms with Gasteiger partial charge in [-0.05, 0) is 24.3 Å². The van der Waals surface area contributed by atoms with Gasteiger partial charge in [-0.25, -0.2) is 0 Å². The van der Waals surface area contributed by atoms with Crippen LogP contribution in [0.2, 0.25) is 0 Å². The van der Waals surface area contributed by atoms with E-state index >= 15 is 0 Å². The van der Waals surface area contributed by atoms with Gasteiger partial charge in [-0.15, -0.1) is 6.58 Å². The molecule has 0 N–H and O–H groups in total.